The first-order valence-corrected chi connectivity index (χ1v) is 7.10. The van der Waals surface area contributed by atoms with Crippen molar-refractivity contribution in [1.82, 2.24) is 19.8 Å². The highest BCUT2D eigenvalue weighted by molar-refractivity contribution is 5.92. The number of nitrogens with two attached hydrogens (primary N) is 1. The number of nitrogens with one attached hydrogen (secondary N) is 1. The highest BCUT2D eigenvalue weighted by atomic mass is 16.2. The summed E-state index contributed by atoms with van der Waals surface area (Å²) in [6.07, 6.45) is 6.71. The molecule has 1 atom stereocenters. The topological polar surface area (TPSA) is 87.4 Å². The van der Waals surface area contributed by atoms with E-state index < -0.39 is 0 Å². The van der Waals surface area contributed by atoms with E-state index in [1.165, 1.54) is 38.2 Å². The highest BCUT2D eigenvalue weighted by Gasteiger charge is 2.31. The Morgan fingerprint density at radius 2 is 2.20 bits per heavy atom. The first kappa shape index (κ1) is 13.3. The van der Waals surface area contributed by atoms with Gasteiger partial charge in [-0.15, -0.1) is 0 Å². The van der Waals surface area contributed by atoms with Crippen LogP contribution in [-0.4, -0.2) is 57.9 Å². The number of carbonyl (C=O) groups excluding carboxylic acids is 1. The number of piperidine rings is 1. The number of piperazine rings is 1. The number of fused-ring (bicyclic) bond motifs is 1. The summed E-state index contributed by atoms with van der Waals surface area (Å²) in [6.45, 7) is 3.68. The monoisotopic (exact) mass is 276 g/mol. The molecule has 20 heavy (non-hydrogen) atoms. The van der Waals surface area contributed by atoms with Gasteiger partial charge in [0.25, 0.3) is 5.91 Å². The highest BCUT2D eigenvalue weighted by Crippen LogP contribution is 2.21. The fourth-order valence-corrected chi connectivity index (χ4v) is 3.04. The minimum Gasteiger partial charge on any atom is -0.334 e. The minimum absolute atomic E-state index is 0.0557. The van der Waals surface area contributed by atoms with Crippen LogP contribution in [0.2, 0.25) is 0 Å². The molecule has 0 aromatic carbocycles. The lowest BCUT2D eigenvalue weighted by molar-refractivity contribution is 0.0368. The van der Waals surface area contributed by atoms with E-state index in [2.05, 4.69) is 20.3 Å². The zero-order chi connectivity index (χ0) is 13.9. The Kier molecular flexibility index (Phi) is 3.79. The van der Waals surface area contributed by atoms with E-state index in [0.717, 1.165) is 19.6 Å². The Labute approximate surface area is 118 Å². The number of amides is 1. The Morgan fingerprint density at radius 3 is 3.05 bits per heavy atom. The van der Waals surface area contributed by atoms with Crippen molar-refractivity contribution in [1.29, 1.82) is 0 Å². The van der Waals surface area contributed by atoms with Crippen molar-refractivity contribution in [2.75, 3.05) is 31.6 Å². The van der Waals surface area contributed by atoms with Crippen LogP contribution in [0.25, 0.3) is 0 Å². The van der Waals surface area contributed by atoms with Crippen molar-refractivity contribution >= 4 is 11.7 Å². The van der Waals surface area contributed by atoms with Crippen LogP contribution in [0.4, 0.5) is 5.82 Å². The number of aromatic nitrogens is 2. The van der Waals surface area contributed by atoms with Crippen molar-refractivity contribution in [3.63, 3.8) is 0 Å². The number of anilines is 1. The molecular formula is C13H20N6O. The number of rotatable bonds is 2. The van der Waals surface area contributed by atoms with Crippen LogP contribution in [0.5, 0.6) is 0 Å². The fraction of sp³-hybridized carbons (Fsp3) is 0.615. The molecule has 2 aliphatic rings. The van der Waals surface area contributed by atoms with Gasteiger partial charge in [0.2, 0.25) is 0 Å². The van der Waals surface area contributed by atoms with Gasteiger partial charge in [-0.3, -0.25) is 14.7 Å². The van der Waals surface area contributed by atoms with Crippen LogP contribution >= 0.6 is 0 Å². The summed E-state index contributed by atoms with van der Waals surface area (Å²) in [4.78, 5) is 25.0. The maximum atomic E-state index is 12.5. The number of nitrogens with zero attached hydrogens (tertiary/aromatic N) is 4. The molecule has 3 rings (SSSR count). The predicted octanol–water partition coefficient (Wildman–Crippen LogP) is 0.0725. The van der Waals surface area contributed by atoms with E-state index in [1.807, 2.05) is 4.90 Å². The third-order valence-corrected chi connectivity index (χ3v) is 4.13. The van der Waals surface area contributed by atoms with Gasteiger partial charge in [0.1, 0.15) is 5.69 Å². The van der Waals surface area contributed by atoms with E-state index in [9.17, 15) is 4.79 Å². The molecule has 0 spiro atoms. The van der Waals surface area contributed by atoms with Gasteiger partial charge in [0.15, 0.2) is 5.82 Å². The second-order valence-corrected chi connectivity index (χ2v) is 5.37. The van der Waals surface area contributed by atoms with Gasteiger partial charge in [0, 0.05) is 25.7 Å². The summed E-state index contributed by atoms with van der Waals surface area (Å²) >= 11 is 0. The molecule has 3 heterocycles. The average molecular weight is 276 g/mol. The van der Waals surface area contributed by atoms with Crippen molar-refractivity contribution in [3.05, 3.63) is 18.1 Å². The Balaban J connectivity index is 1.70. The van der Waals surface area contributed by atoms with Crippen LogP contribution in [-0.2, 0) is 0 Å². The Hall–Kier alpha value is -1.73. The second kappa shape index (κ2) is 5.72. The van der Waals surface area contributed by atoms with Gasteiger partial charge < -0.3 is 10.3 Å². The van der Waals surface area contributed by atoms with E-state index in [-0.39, 0.29) is 5.91 Å². The Morgan fingerprint density at radius 1 is 1.30 bits per heavy atom. The first-order chi connectivity index (χ1) is 9.78. The van der Waals surface area contributed by atoms with Gasteiger partial charge in [-0.05, 0) is 19.4 Å². The van der Waals surface area contributed by atoms with Crippen molar-refractivity contribution < 1.29 is 4.79 Å². The Bertz CT molecular complexity index is 494. The molecule has 1 aromatic rings. The van der Waals surface area contributed by atoms with Crippen molar-refractivity contribution in [2.45, 2.75) is 25.3 Å². The van der Waals surface area contributed by atoms with Gasteiger partial charge in [-0.1, -0.05) is 6.42 Å². The summed E-state index contributed by atoms with van der Waals surface area (Å²) in [7, 11) is 0. The normalized spacial score (nSPS) is 23.2. The number of hydrogen-bond acceptors (Lipinski definition) is 6. The van der Waals surface area contributed by atoms with Gasteiger partial charge in [0.05, 0.1) is 12.4 Å². The number of hydrazine groups is 1. The quantitative estimate of drug-likeness (QED) is 0.587. The fourth-order valence-electron chi connectivity index (χ4n) is 3.04. The molecule has 0 radical (unpaired) electrons. The minimum atomic E-state index is -0.0557. The van der Waals surface area contributed by atoms with E-state index in [4.69, 9.17) is 5.84 Å². The predicted molar refractivity (Wildman–Crippen MR) is 75.0 cm³/mol. The molecule has 2 fully saturated rings. The maximum absolute atomic E-state index is 12.5. The molecule has 1 aromatic heterocycles. The van der Waals surface area contributed by atoms with Gasteiger partial charge >= 0.3 is 0 Å². The molecule has 7 heteroatoms. The summed E-state index contributed by atoms with van der Waals surface area (Å²) in [6, 6.07) is 0.505. The number of hydrogen-bond donors (Lipinski definition) is 2. The van der Waals surface area contributed by atoms with Crippen LogP contribution in [0.15, 0.2) is 12.4 Å². The third-order valence-electron chi connectivity index (χ3n) is 4.13. The molecule has 7 nitrogen and oxygen atoms in total. The first-order valence-electron chi connectivity index (χ1n) is 7.10. The molecule has 1 unspecified atom stereocenters. The van der Waals surface area contributed by atoms with Gasteiger partial charge in [-0.2, -0.15) is 0 Å². The van der Waals surface area contributed by atoms with Crippen LogP contribution in [0, 0.1) is 0 Å². The summed E-state index contributed by atoms with van der Waals surface area (Å²) in [5.74, 6) is 5.65. The van der Waals surface area contributed by atoms with E-state index >= 15 is 0 Å². The lowest BCUT2D eigenvalue weighted by atomic mass is 9.99. The lowest BCUT2D eigenvalue weighted by Crippen LogP contribution is -2.56. The standard InChI is InChI=1S/C13H20N6O/c14-17-12-8-15-7-11(16-12)13(20)19-6-5-18-4-2-1-3-10(18)9-19/h7-8,10H,1-6,9,14H2,(H,16,17). The molecule has 2 saturated heterocycles. The van der Waals surface area contributed by atoms with Crippen LogP contribution in [0.3, 0.4) is 0 Å². The smallest absolute Gasteiger partial charge is 0.274 e. The lowest BCUT2D eigenvalue weighted by Gasteiger charge is -2.43. The maximum Gasteiger partial charge on any atom is 0.274 e. The molecule has 2 aliphatic heterocycles. The zero-order valence-corrected chi connectivity index (χ0v) is 11.5. The van der Waals surface area contributed by atoms with Crippen LogP contribution < -0.4 is 11.3 Å². The van der Waals surface area contributed by atoms with Crippen molar-refractivity contribution in [3.8, 4) is 0 Å². The molecule has 108 valence electrons. The molecule has 0 saturated carbocycles. The van der Waals surface area contributed by atoms with Crippen LogP contribution in [0.1, 0.15) is 29.8 Å². The van der Waals surface area contributed by atoms with Gasteiger partial charge in [-0.25, -0.2) is 10.8 Å². The zero-order valence-electron chi connectivity index (χ0n) is 11.5. The van der Waals surface area contributed by atoms with E-state index in [1.54, 1.807) is 0 Å². The van der Waals surface area contributed by atoms with E-state index in [0.29, 0.717) is 17.6 Å². The average Bonchev–Trinajstić information content (AvgIpc) is 2.53. The summed E-state index contributed by atoms with van der Waals surface area (Å²) in [5.41, 5.74) is 2.77. The molecule has 1 amide bonds. The third kappa shape index (κ3) is 2.59. The summed E-state index contributed by atoms with van der Waals surface area (Å²) in [5, 5.41) is 0. The number of nitrogen functional groups attached to an aromatic ring is 1. The molecular weight excluding hydrogens is 256 g/mol. The second-order valence-electron chi connectivity index (χ2n) is 5.37. The SMILES string of the molecule is NNc1cncc(C(=O)N2CCN3CCCCC3C2)n1. The molecule has 3 N–H and O–H groups in total. The number of carbonyl (C=O) groups is 1. The van der Waals surface area contributed by atoms with Crippen molar-refractivity contribution in [2.24, 2.45) is 5.84 Å². The largest absolute Gasteiger partial charge is 0.334 e. The molecule has 0 bridgehead atoms. The molecule has 0 aliphatic carbocycles. The summed E-state index contributed by atoms with van der Waals surface area (Å²) < 4.78 is 0.